The molecule has 0 saturated heterocycles. The molecule has 0 fully saturated rings. The van der Waals surface area contributed by atoms with E-state index in [4.69, 9.17) is 10.5 Å². The molecule has 1 atom stereocenters. The van der Waals surface area contributed by atoms with Gasteiger partial charge in [-0.2, -0.15) is 0 Å². The monoisotopic (exact) mass is 236 g/mol. The molecule has 4 nitrogen and oxygen atoms in total. The number of carbonyl (C=O) groups is 1. The molecule has 1 unspecified atom stereocenters. The zero-order valence-electron chi connectivity index (χ0n) is 10.4. The number of carbonyl (C=O) groups excluding carboxylic acids is 1. The summed E-state index contributed by atoms with van der Waals surface area (Å²) in [5.74, 6) is 0.611. The van der Waals surface area contributed by atoms with Gasteiger partial charge in [0.05, 0.1) is 12.3 Å². The zero-order chi connectivity index (χ0) is 12.7. The Hall–Kier alpha value is -1.55. The SMILES string of the molecule is CCCOc1ccccc1NC(=O)CC(C)N. The zero-order valence-corrected chi connectivity index (χ0v) is 10.4. The Bertz CT molecular complexity index is 364. The molecule has 1 aromatic carbocycles. The number of benzene rings is 1. The predicted octanol–water partition coefficient (Wildman–Crippen LogP) is 2.15. The summed E-state index contributed by atoms with van der Waals surface area (Å²) in [6.45, 7) is 4.48. The molecule has 0 heterocycles. The van der Waals surface area contributed by atoms with Crippen LogP contribution in [-0.2, 0) is 4.79 Å². The van der Waals surface area contributed by atoms with Gasteiger partial charge in [0.25, 0.3) is 0 Å². The number of para-hydroxylation sites is 2. The van der Waals surface area contributed by atoms with Gasteiger partial charge in [-0.15, -0.1) is 0 Å². The highest BCUT2D eigenvalue weighted by Gasteiger charge is 2.08. The first kappa shape index (κ1) is 13.5. The van der Waals surface area contributed by atoms with Gasteiger partial charge in [-0.25, -0.2) is 0 Å². The number of hydrogen-bond acceptors (Lipinski definition) is 3. The van der Waals surface area contributed by atoms with Crippen molar-refractivity contribution >= 4 is 11.6 Å². The molecular formula is C13H20N2O2. The molecule has 0 aliphatic carbocycles. The topological polar surface area (TPSA) is 64.3 Å². The molecule has 0 aromatic heterocycles. The summed E-state index contributed by atoms with van der Waals surface area (Å²) in [5, 5.41) is 2.81. The maximum atomic E-state index is 11.6. The number of nitrogens with two attached hydrogens (primary N) is 1. The van der Waals surface area contributed by atoms with Crippen molar-refractivity contribution in [3.05, 3.63) is 24.3 Å². The lowest BCUT2D eigenvalue weighted by molar-refractivity contribution is -0.116. The maximum Gasteiger partial charge on any atom is 0.226 e. The molecule has 94 valence electrons. The van der Waals surface area contributed by atoms with Crippen molar-refractivity contribution in [3.8, 4) is 5.75 Å². The third kappa shape index (κ3) is 4.87. The largest absolute Gasteiger partial charge is 0.491 e. The van der Waals surface area contributed by atoms with Crippen molar-refractivity contribution in [3.63, 3.8) is 0 Å². The van der Waals surface area contributed by atoms with Gasteiger partial charge in [-0.3, -0.25) is 4.79 Å². The van der Waals surface area contributed by atoms with Crippen LogP contribution in [0.4, 0.5) is 5.69 Å². The summed E-state index contributed by atoms with van der Waals surface area (Å²) >= 11 is 0. The minimum absolute atomic E-state index is 0.0902. The minimum Gasteiger partial charge on any atom is -0.491 e. The van der Waals surface area contributed by atoms with E-state index in [0.29, 0.717) is 24.5 Å². The summed E-state index contributed by atoms with van der Waals surface area (Å²) in [7, 11) is 0. The van der Waals surface area contributed by atoms with Crippen molar-refractivity contribution in [2.24, 2.45) is 5.73 Å². The van der Waals surface area contributed by atoms with Crippen LogP contribution < -0.4 is 15.8 Å². The van der Waals surface area contributed by atoms with E-state index in [1.54, 1.807) is 6.92 Å². The molecule has 0 aliphatic rings. The van der Waals surface area contributed by atoms with Gasteiger partial charge in [0.2, 0.25) is 5.91 Å². The van der Waals surface area contributed by atoms with E-state index in [-0.39, 0.29) is 11.9 Å². The van der Waals surface area contributed by atoms with Crippen LogP contribution in [0.2, 0.25) is 0 Å². The van der Waals surface area contributed by atoms with Crippen LogP contribution >= 0.6 is 0 Å². The van der Waals surface area contributed by atoms with Crippen LogP contribution in [0.1, 0.15) is 26.7 Å². The van der Waals surface area contributed by atoms with Crippen molar-refractivity contribution in [2.75, 3.05) is 11.9 Å². The van der Waals surface area contributed by atoms with E-state index in [1.807, 2.05) is 31.2 Å². The number of ether oxygens (including phenoxy) is 1. The van der Waals surface area contributed by atoms with Crippen molar-refractivity contribution in [1.29, 1.82) is 0 Å². The highest BCUT2D eigenvalue weighted by atomic mass is 16.5. The minimum atomic E-state index is -0.140. The fourth-order valence-electron chi connectivity index (χ4n) is 1.40. The van der Waals surface area contributed by atoms with E-state index < -0.39 is 0 Å². The van der Waals surface area contributed by atoms with Gasteiger partial charge in [-0.1, -0.05) is 19.1 Å². The lowest BCUT2D eigenvalue weighted by Gasteiger charge is -2.12. The quantitative estimate of drug-likeness (QED) is 0.795. The molecule has 0 spiro atoms. The third-order valence-electron chi connectivity index (χ3n) is 2.13. The Kier molecular flexibility index (Phi) is 5.49. The fourth-order valence-corrected chi connectivity index (χ4v) is 1.40. The van der Waals surface area contributed by atoms with E-state index in [0.717, 1.165) is 6.42 Å². The van der Waals surface area contributed by atoms with Gasteiger partial charge < -0.3 is 15.8 Å². The summed E-state index contributed by atoms with van der Waals surface area (Å²) in [4.78, 5) is 11.6. The number of anilines is 1. The number of hydrogen-bond donors (Lipinski definition) is 2. The Morgan fingerprint density at radius 2 is 2.18 bits per heavy atom. The predicted molar refractivity (Wildman–Crippen MR) is 69.1 cm³/mol. The fraction of sp³-hybridized carbons (Fsp3) is 0.462. The first-order valence-electron chi connectivity index (χ1n) is 5.90. The van der Waals surface area contributed by atoms with Crippen molar-refractivity contribution in [1.82, 2.24) is 0 Å². The molecule has 1 amide bonds. The number of amides is 1. The average Bonchev–Trinajstić information content (AvgIpc) is 2.26. The standard InChI is InChI=1S/C13H20N2O2/c1-3-8-17-12-7-5-4-6-11(12)15-13(16)9-10(2)14/h4-7,10H,3,8-9,14H2,1-2H3,(H,15,16). The lowest BCUT2D eigenvalue weighted by Crippen LogP contribution is -2.24. The number of rotatable bonds is 6. The van der Waals surface area contributed by atoms with Gasteiger partial charge in [-0.05, 0) is 25.5 Å². The molecule has 0 aliphatic heterocycles. The van der Waals surface area contributed by atoms with Crippen molar-refractivity contribution < 1.29 is 9.53 Å². The third-order valence-corrected chi connectivity index (χ3v) is 2.13. The molecule has 0 radical (unpaired) electrons. The Morgan fingerprint density at radius 1 is 1.47 bits per heavy atom. The van der Waals surface area contributed by atoms with E-state index in [2.05, 4.69) is 5.32 Å². The smallest absolute Gasteiger partial charge is 0.226 e. The van der Waals surface area contributed by atoms with Crippen LogP contribution in [0.3, 0.4) is 0 Å². The lowest BCUT2D eigenvalue weighted by atomic mass is 10.2. The Morgan fingerprint density at radius 3 is 2.82 bits per heavy atom. The molecule has 0 saturated carbocycles. The molecular weight excluding hydrogens is 216 g/mol. The molecule has 0 bridgehead atoms. The summed E-state index contributed by atoms with van der Waals surface area (Å²) < 4.78 is 5.55. The second kappa shape index (κ2) is 6.91. The second-order valence-electron chi connectivity index (χ2n) is 4.07. The van der Waals surface area contributed by atoms with Gasteiger partial charge in [0.1, 0.15) is 5.75 Å². The highest BCUT2D eigenvalue weighted by Crippen LogP contribution is 2.23. The maximum absolute atomic E-state index is 11.6. The van der Waals surface area contributed by atoms with Gasteiger partial charge in [0, 0.05) is 12.5 Å². The molecule has 3 N–H and O–H groups in total. The van der Waals surface area contributed by atoms with E-state index in [1.165, 1.54) is 0 Å². The summed E-state index contributed by atoms with van der Waals surface area (Å²) in [5.41, 5.74) is 6.27. The molecule has 17 heavy (non-hydrogen) atoms. The van der Waals surface area contributed by atoms with E-state index in [9.17, 15) is 4.79 Å². The summed E-state index contributed by atoms with van der Waals surface area (Å²) in [6, 6.07) is 7.27. The van der Waals surface area contributed by atoms with Crippen LogP contribution in [0, 0.1) is 0 Å². The molecule has 1 aromatic rings. The van der Waals surface area contributed by atoms with Gasteiger partial charge in [0.15, 0.2) is 0 Å². The van der Waals surface area contributed by atoms with Gasteiger partial charge >= 0.3 is 0 Å². The van der Waals surface area contributed by atoms with Crippen LogP contribution in [0.25, 0.3) is 0 Å². The first-order valence-corrected chi connectivity index (χ1v) is 5.90. The van der Waals surface area contributed by atoms with Crippen molar-refractivity contribution in [2.45, 2.75) is 32.7 Å². The summed E-state index contributed by atoms with van der Waals surface area (Å²) in [6.07, 6.45) is 1.24. The van der Waals surface area contributed by atoms with E-state index >= 15 is 0 Å². The van der Waals surface area contributed by atoms with Crippen LogP contribution in [0.15, 0.2) is 24.3 Å². The highest BCUT2D eigenvalue weighted by molar-refractivity contribution is 5.92. The van der Waals surface area contributed by atoms with Crippen LogP contribution in [-0.4, -0.2) is 18.6 Å². The average molecular weight is 236 g/mol. The Balaban J connectivity index is 2.65. The second-order valence-corrected chi connectivity index (χ2v) is 4.07. The first-order chi connectivity index (χ1) is 8.13. The number of nitrogens with one attached hydrogen (secondary N) is 1. The Labute approximate surface area is 102 Å². The van der Waals surface area contributed by atoms with Crippen LogP contribution in [0.5, 0.6) is 5.75 Å². The normalized spacial score (nSPS) is 11.9. The molecule has 4 heteroatoms. The molecule has 1 rings (SSSR count).